The van der Waals surface area contributed by atoms with Crippen LogP contribution in [0.15, 0.2) is 24.3 Å². The highest BCUT2D eigenvalue weighted by atomic mass is 32.2. The fourth-order valence-corrected chi connectivity index (χ4v) is 5.05. The van der Waals surface area contributed by atoms with Crippen molar-refractivity contribution in [1.82, 2.24) is 5.32 Å². The molecule has 0 aliphatic heterocycles. The molecule has 0 aromatic heterocycles. The molecular weight excluding hydrogens is 322 g/mol. The highest BCUT2D eigenvalue weighted by molar-refractivity contribution is 7.86. The van der Waals surface area contributed by atoms with E-state index in [2.05, 4.69) is 5.32 Å². The van der Waals surface area contributed by atoms with Crippen molar-refractivity contribution < 1.29 is 13.7 Å². The van der Waals surface area contributed by atoms with E-state index in [4.69, 9.17) is 4.74 Å². The van der Waals surface area contributed by atoms with Crippen LogP contribution in [0.3, 0.4) is 0 Å². The molecule has 1 atom stereocenters. The predicted molar refractivity (Wildman–Crippen MR) is 96.4 cm³/mol. The number of amides is 1. The zero-order valence-electron chi connectivity index (χ0n) is 14.2. The Bertz CT molecular complexity index is 578. The molecule has 0 unspecified atom stereocenters. The lowest BCUT2D eigenvalue weighted by molar-refractivity contribution is -0.118. The maximum atomic E-state index is 12.2. The number of hydrogen-bond acceptors (Lipinski definition) is 3. The van der Waals surface area contributed by atoms with Gasteiger partial charge in [0.15, 0.2) is 0 Å². The van der Waals surface area contributed by atoms with Crippen molar-refractivity contribution in [3.05, 3.63) is 29.8 Å². The first kappa shape index (κ1) is 17.5. The topological polar surface area (TPSA) is 55.4 Å². The molecule has 132 valence electrons. The van der Waals surface area contributed by atoms with Gasteiger partial charge in [-0.15, -0.1) is 0 Å². The minimum Gasteiger partial charge on any atom is -0.490 e. The Morgan fingerprint density at radius 2 is 1.75 bits per heavy atom. The van der Waals surface area contributed by atoms with Crippen molar-refractivity contribution in [3.63, 3.8) is 0 Å². The third kappa shape index (κ3) is 4.82. The number of hydrogen-bond donors (Lipinski definition) is 1. The molecule has 0 spiro atoms. The quantitative estimate of drug-likeness (QED) is 0.821. The van der Waals surface area contributed by atoms with Crippen LogP contribution in [0.1, 0.15) is 56.9 Å². The molecule has 2 aliphatic rings. The van der Waals surface area contributed by atoms with Gasteiger partial charge in [-0.2, -0.15) is 0 Å². The van der Waals surface area contributed by atoms with Crippen LogP contribution in [0.4, 0.5) is 0 Å². The number of para-hydroxylation sites is 1. The molecule has 24 heavy (non-hydrogen) atoms. The summed E-state index contributed by atoms with van der Waals surface area (Å²) in [5, 5.41) is 3.12. The second-order valence-corrected chi connectivity index (χ2v) is 8.56. The molecule has 2 aliphatic carbocycles. The van der Waals surface area contributed by atoms with Gasteiger partial charge in [0.25, 0.3) is 0 Å². The van der Waals surface area contributed by atoms with E-state index in [9.17, 15) is 9.00 Å². The van der Waals surface area contributed by atoms with Gasteiger partial charge in [-0.25, -0.2) is 0 Å². The third-order valence-electron chi connectivity index (χ3n) is 4.99. The van der Waals surface area contributed by atoms with Crippen LogP contribution in [0.5, 0.6) is 5.75 Å². The van der Waals surface area contributed by atoms with Crippen molar-refractivity contribution in [3.8, 4) is 5.75 Å². The van der Waals surface area contributed by atoms with Crippen molar-refractivity contribution in [2.24, 2.45) is 0 Å². The van der Waals surface area contributed by atoms with E-state index < -0.39 is 10.8 Å². The summed E-state index contributed by atoms with van der Waals surface area (Å²) >= 11 is 0. The lowest BCUT2D eigenvalue weighted by Crippen LogP contribution is -2.30. The third-order valence-corrected chi connectivity index (χ3v) is 6.75. The lowest BCUT2D eigenvalue weighted by atomic mass is 10.2. The lowest BCUT2D eigenvalue weighted by Gasteiger charge is -2.17. The normalized spacial score (nSPS) is 20.2. The molecule has 0 bridgehead atoms. The van der Waals surface area contributed by atoms with Gasteiger partial charge in [0.05, 0.1) is 6.10 Å². The molecule has 3 rings (SSSR count). The first-order valence-electron chi connectivity index (χ1n) is 9.11. The van der Waals surface area contributed by atoms with Gasteiger partial charge in [0, 0.05) is 28.2 Å². The monoisotopic (exact) mass is 349 g/mol. The van der Waals surface area contributed by atoms with E-state index in [0.29, 0.717) is 12.6 Å². The van der Waals surface area contributed by atoms with Crippen LogP contribution in [0, 0.1) is 0 Å². The molecule has 4 nitrogen and oxygen atoms in total. The Labute approximate surface area is 146 Å². The Kier molecular flexibility index (Phi) is 6.30. The molecule has 1 aromatic carbocycles. The molecule has 2 fully saturated rings. The molecule has 0 radical (unpaired) electrons. The SMILES string of the molecule is O=C(C[S@](=O)C1CCCC1)NCc1ccccc1OC1CCCC1. The number of rotatable bonds is 7. The van der Waals surface area contributed by atoms with Crippen molar-refractivity contribution in [2.75, 3.05) is 5.75 Å². The minimum atomic E-state index is -1.04. The molecule has 1 amide bonds. The van der Waals surface area contributed by atoms with Gasteiger partial charge in [0.2, 0.25) is 5.91 Å². The first-order chi connectivity index (χ1) is 11.7. The van der Waals surface area contributed by atoms with E-state index in [1.54, 1.807) is 0 Å². The Morgan fingerprint density at radius 3 is 2.50 bits per heavy atom. The number of benzene rings is 1. The van der Waals surface area contributed by atoms with E-state index in [0.717, 1.165) is 49.8 Å². The molecule has 0 heterocycles. The number of carbonyl (C=O) groups is 1. The summed E-state index contributed by atoms with van der Waals surface area (Å²) in [6, 6.07) is 7.87. The van der Waals surface area contributed by atoms with E-state index in [1.807, 2.05) is 24.3 Å². The van der Waals surface area contributed by atoms with Crippen LogP contribution in [-0.2, 0) is 22.1 Å². The second-order valence-electron chi connectivity index (χ2n) is 6.84. The average Bonchev–Trinajstić information content (AvgIpc) is 3.27. The van der Waals surface area contributed by atoms with Crippen molar-refractivity contribution >= 4 is 16.7 Å². The Hall–Kier alpha value is -1.36. The van der Waals surface area contributed by atoms with E-state index in [-0.39, 0.29) is 16.9 Å². The zero-order chi connectivity index (χ0) is 16.8. The van der Waals surface area contributed by atoms with Gasteiger partial charge in [0.1, 0.15) is 11.5 Å². The summed E-state index contributed by atoms with van der Waals surface area (Å²) in [5.41, 5.74) is 0.990. The fourth-order valence-electron chi connectivity index (χ4n) is 3.59. The molecular formula is C19H27NO3S. The highest BCUT2D eigenvalue weighted by Crippen LogP contribution is 2.26. The Balaban J connectivity index is 1.50. The maximum Gasteiger partial charge on any atom is 0.232 e. The van der Waals surface area contributed by atoms with Gasteiger partial charge in [-0.05, 0) is 44.6 Å². The summed E-state index contributed by atoms with van der Waals surface area (Å²) in [5.74, 6) is 0.855. The summed E-state index contributed by atoms with van der Waals surface area (Å²) in [6.45, 7) is 0.434. The number of ether oxygens (including phenoxy) is 1. The predicted octanol–water partition coefficient (Wildman–Crippen LogP) is 3.32. The van der Waals surface area contributed by atoms with Gasteiger partial charge in [-0.1, -0.05) is 31.0 Å². The minimum absolute atomic E-state index is 0.121. The summed E-state index contributed by atoms with van der Waals surface area (Å²) < 4.78 is 18.3. The smallest absolute Gasteiger partial charge is 0.232 e. The van der Waals surface area contributed by atoms with Crippen molar-refractivity contribution in [2.45, 2.75) is 69.3 Å². The summed E-state index contributed by atoms with van der Waals surface area (Å²) in [4.78, 5) is 12.1. The van der Waals surface area contributed by atoms with Crippen LogP contribution < -0.4 is 10.1 Å². The molecule has 0 saturated heterocycles. The van der Waals surface area contributed by atoms with Crippen LogP contribution in [-0.4, -0.2) is 27.2 Å². The Morgan fingerprint density at radius 1 is 1.08 bits per heavy atom. The first-order valence-corrected chi connectivity index (χ1v) is 10.5. The fraction of sp³-hybridized carbons (Fsp3) is 0.632. The van der Waals surface area contributed by atoms with Crippen molar-refractivity contribution in [1.29, 1.82) is 0 Å². The van der Waals surface area contributed by atoms with Crippen LogP contribution in [0.25, 0.3) is 0 Å². The number of carbonyl (C=O) groups excluding carboxylic acids is 1. The number of nitrogens with one attached hydrogen (secondary N) is 1. The zero-order valence-corrected chi connectivity index (χ0v) is 15.0. The average molecular weight is 349 g/mol. The van der Waals surface area contributed by atoms with Gasteiger partial charge in [-0.3, -0.25) is 9.00 Å². The highest BCUT2D eigenvalue weighted by Gasteiger charge is 2.23. The van der Waals surface area contributed by atoms with Gasteiger partial charge < -0.3 is 10.1 Å². The largest absolute Gasteiger partial charge is 0.490 e. The van der Waals surface area contributed by atoms with E-state index >= 15 is 0 Å². The second kappa shape index (κ2) is 8.65. The van der Waals surface area contributed by atoms with E-state index in [1.165, 1.54) is 12.8 Å². The molecule has 1 aromatic rings. The molecule has 5 heteroatoms. The van der Waals surface area contributed by atoms with Gasteiger partial charge >= 0.3 is 0 Å². The van der Waals surface area contributed by atoms with Crippen LogP contribution in [0.2, 0.25) is 0 Å². The van der Waals surface area contributed by atoms with Crippen LogP contribution >= 0.6 is 0 Å². The molecule has 2 saturated carbocycles. The standard InChI is InChI=1S/C19H27NO3S/c21-19(14-24(22)17-10-4-5-11-17)20-13-15-7-1-6-12-18(15)23-16-8-2-3-9-16/h1,6-7,12,16-17H,2-5,8-11,13-14H2,(H,20,21)/t24-/m0/s1. The summed E-state index contributed by atoms with van der Waals surface area (Å²) in [7, 11) is -1.04. The summed E-state index contributed by atoms with van der Waals surface area (Å²) in [6.07, 6.45) is 9.27. The maximum absolute atomic E-state index is 12.2. The molecule has 1 N–H and O–H groups in total.